The van der Waals surface area contributed by atoms with Crippen LogP contribution < -0.4 is 4.74 Å². The van der Waals surface area contributed by atoms with Crippen molar-refractivity contribution in [2.24, 2.45) is 0 Å². The summed E-state index contributed by atoms with van der Waals surface area (Å²) in [4.78, 5) is 22.2. The van der Waals surface area contributed by atoms with Gasteiger partial charge in [0.05, 0.1) is 6.42 Å². The molecule has 25 heavy (non-hydrogen) atoms. The van der Waals surface area contributed by atoms with E-state index in [0.29, 0.717) is 17.9 Å². The summed E-state index contributed by atoms with van der Waals surface area (Å²) in [5, 5.41) is 9.01. The molecule has 1 unspecified atom stereocenters. The molecule has 0 saturated carbocycles. The Hall–Kier alpha value is -2.88. The number of rotatable bonds is 8. The molecule has 130 valence electrons. The van der Waals surface area contributed by atoms with Crippen molar-refractivity contribution in [3.05, 3.63) is 77.4 Å². The highest BCUT2D eigenvalue weighted by Crippen LogP contribution is 2.24. The van der Waals surface area contributed by atoms with E-state index in [9.17, 15) is 9.59 Å². The van der Waals surface area contributed by atoms with Crippen molar-refractivity contribution in [3.8, 4) is 5.75 Å². The van der Waals surface area contributed by atoms with E-state index >= 15 is 0 Å². The van der Waals surface area contributed by atoms with Crippen LogP contribution in [0.5, 0.6) is 5.75 Å². The molecule has 0 spiro atoms. The van der Waals surface area contributed by atoms with Gasteiger partial charge in [-0.05, 0) is 37.1 Å². The molecule has 0 aliphatic heterocycles. The Kier molecular flexibility index (Phi) is 6.52. The summed E-state index contributed by atoms with van der Waals surface area (Å²) in [5.41, 5.74) is 2.60. The van der Waals surface area contributed by atoms with Crippen LogP contribution in [-0.2, 0) is 11.4 Å². The van der Waals surface area contributed by atoms with E-state index in [1.807, 2.05) is 55.5 Å². The van der Waals surface area contributed by atoms with Gasteiger partial charge in [0.1, 0.15) is 12.4 Å². The Morgan fingerprint density at radius 2 is 1.72 bits per heavy atom. The fraction of sp³-hybridized carbons (Fsp3) is 0.238. The zero-order valence-electron chi connectivity index (χ0n) is 14.4. The second-order valence-corrected chi connectivity index (χ2v) is 5.84. The van der Waals surface area contributed by atoms with Crippen molar-refractivity contribution in [1.82, 2.24) is 0 Å². The number of ether oxygens (including phenoxy) is 1. The number of carboxylic acid groups (broad SMARTS) is 1. The first kappa shape index (κ1) is 18.5. The van der Waals surface area contributed by atoms with Gasteiger partial charge in [0, 0.05) is 11.5 Å². The van der Waals surface area contributed by atoms with Crippen LogP contribution in [0.1, 0.15) is 47.7 Å². The summed E-state index contributed by atoms with van der Waals surface area (Å²) < 4.78 is 5.75. The Labute approximate surface area is 147 Å². The quantitative estimate of drug-likeness (QED) is 0.564. The number of benzene rings is 2. The van der Waals surface area contributed by atoms with Gasteiger partial charge in [0.2, 0.25) is 0 Å². The molecular formula is C21H22O4. The summed E-state index contributed by atoms with van der Waals surface area (Å²) in [5.74, 6) is -0.206. The van der Waals surface area contributed by atoms with Crippen LogP contribution in [0.15, 0.2) is 60.7 Å². The molecule has 1 N–H and O–H groups in total. The van der Waals surface area contributed by atoms with Crippen molar-refractivity contribution in [2.75, 3.05) is 0 Å². The van der Waals surface area contributed by atoms with Gasteiger partial charge < -0.3 is 9.84 Å². The fourth-order valence-electron chi connectivity index (χ4n) is 2.53. The van der Waals surface area contributed by atoms with E-state index in [1.54, 1.807) is 19.1 Å². The molecule has 0 aliphatic rings. The SMILES string of the molecule is CC=CC(CC(=O)O)c1ccc(OCc2ccc(C(C)=O)cc2)cc1. The molecule has 2 rings (SSSR count). The number of hydrogen-bond donors (Lipinski definition) is 1. The Morgan fingerprint density at radius 3 is 2.24 bits per heavy atom. The molecule has 4 heteroatoms. The second-order valence-electron chi connectivity index (χ2n) is 5.84. The third-order valence-electron chi connectivity index (χ3n) is 3.89. The lowest BCUT2D eigenvalue weighted by Crippen LogP contribution is -2.04. The maximum Gasteiger partial charge on any atom is 0.304 e. The van der Waals surface area contributed by atoms with Crippen molar-refractivity contribution in [2.45, 2.75) is 32.8 Å². The average molecular weight is 338 g/mol. The average Bonchev–Trinajstić information content (AvgIpc) is 2.60. The smallest absolute Gasteiger partial charge is 0.304 e. The molecule has 0 fully saturated rings. The van der Waals surface area contributed by atoms with Gasteiger partial charge in [-0.2, -0.15) is 0 Å². The number of carboxylic acids is 1. The van der Waals surface area contributed by atoms with Crippen LogP contribution in [0.4, 0.5) is 0 Å². The largest absolute Gasteiger partial charge is 0.489 e. The summed E-state index contributed by atoms with van der Waals surface area (Å²) in [6.45, 7) is 3.83. The maximum absolute atomic E-state index is 11.3. The van der Waals surface area contributed by atoms with Crippen molar-refractivity contribution >= 4 is 11.8 Å². The van der Waals surface area contributed by atoms with E-state index in [0.717, 1.165) is 11.1 Å². The number of hydrogen-bond acceptors (Lipinski definition) is 3. The standard InChI is InChI=1S/C21H22O4/c1-3-4-19(13-21(23)24)18-9-11-20(12-10-18)25-14-16-5-7-17(8-6-16)15(2)22/h3-12,19H,13-14H2,1-2H3,(H,23,24). The molecule has 0 aliphatic carbocycles. The van der Waals surface area contributed by atoms with Crippen LogP contribution in [0, 0.1) is 0 Å². The zero-order valence-corrected chi connectivity index (χ0v) is 14.4. The van der Waals surface area contributed by atoms with Gasteiger partial charge in [-0.1, -0.05) is 48.6 Å². The van der Waals surface area contributed by atoms with Crippen LogP contribution in [0.2, 0.25) is 0 Å². The number of carbonyl (C=O) groups is 2. The molecule has 0 radical (unpaired) electrons. The third-order valence-corrected chi connectivity index (χ3v) is 3.89. The minimum Gasteiger partial charge on any atom is -0.489 e. The number of aliphatic carboxylic acids is 1. The topological polar surface area (TPSA) is 63.6 Å². The minimum absolute atomic E-state index is 0.0418. The van der Waals surface area contributed by atoms with Crippen LogP contribution >= 0.6 is 0 Å². The molecule has 4 nitrogen and oxygen atoms in total. The van der Waals surface area contributed by atoms with Crippen LogP contribution in [0.3, 0.4) is 0 Å². The van der Waals surface area contributed by atoms with Crippen LogP contribution in [0.25, 0.3) is 0 Å². The van der Waals surface area contributed by atoms with Gasteiger partial charge in [0.15, 0.2) is 5.78 Å². The third kappa shape index (κ3) is 5.60. The number of allylic oxidation sites excluding steroid dienone is 2. The molecule has 0 heterocycles. The number of ketones is 1. The first-order chi connectivity index (χ1) is 12.0. The molecule has 2 aromatic rings. The van der Waals surface area contributed by atoms with Crippen molar-refractivity contribution < 1.29 is 19.4 Å². The van der Waals surface area contributed by atoms with Crippen LogP contribution in [-0.4, -0.2) is 16.9 Å². The van der Waals surface area contributed by atoms with Gasteiger partial charge in [-0.15, -0.1) is 0 Å². The molecule has 0 bridgehead atoms. The van der Waals surface area contributed by atoms with Gasteiger partial charge in [-0.3, -0.25) is 9.59 Å². The molecule has 0 aromatic heterocycles. The Balaban J connectivity index is 1.99. The monoisotopic (exact) mass is 338 g/mol. The van der Waals surface area contributed by atoms with E-state index < -0.39 is 5.97 Å². The first-order valence-electron chi connectivity index (χ1n) is 8.17. The lowest BCUT2D eigenvalue weighted by molar-refractivity contribution is -0.137. The lowest BCUT2D eigenvalue weighted by atomic mass is 9.95. The predicted molar refractivity (Wildman–Crippen MR) is 97.0 cm³/mol. The molecule has 1 atom stereocenters. The zero-order chi connectivity index (χ0) is 18.2. The van der Waals surface area contributed by atoms with E-state index in [2.05, 4.69) is 0 Å². The van der Waals surface area contributed by atoms with E-state index in [4.69, 9.17) is 9.84 Å². The normalized spacial score (nSPS) is 12.1. The maximum atomic E-state index is 11.3. The Bertz CT molecular complexity index is 742. The Morgan fingerprint density at radius 1 is 1.08 bits per heavy atom. The fourth-order valence-corrected chi connectivity index (χ4v) is 2.53. The summed E-state index contributed by atoms with van der Waals surface area (Å²) >= 11 is 0. The summed E-state index contributed by atoms with van der Waals surface area (Å²) in [6, 6.07) is 14.8. The molecule has 2 aromatic carbocycles. The highest BCUT2D eigenvalue weighted by Gasteiger charge is 2.12. The van der Waals surface area contributed by atoms with Crippen molar-refractivity contribution in [3.63, 3.8) is 0 Å². The van der Waals surface area contributed by atoms with Gasteiger partial charge in [-0.25, -0.2) is 0 Å². The minimum atomic E-state index is -0.822. The lowest BCUT2D eigenvalue weighted by Gasteiger charge is -2.12. The molecular weight excluding hydrogens is 316 g/mol. The van der Waals surface area contributed by atoms with E-state index in [1.165, 1.54) is 0 Å². The number of carbonyl (C=O) groups excluding carboxylic acids is 1. The van der Waals surface area contributed by atoms with E-state index in [-0.39, 0.29) is 18.1 Å². The highest BCUT2D eigenvalue weighted by atomic mass is 16.5. The summed E-state index contributed by atoms with van der Waals surface area (Å²) in [6.07, 6.45) is 3.82. The second kappa shape index (κ2) is 8.83. The van der Waals surface area contributed by atoms with Gasteiger partial charge >= 0.3 is 5.97 Å². The van der Waals surface area contributed by atoms with Crippen molar-refractivity contribution in [1.29, 1.82) is 0 Å². The number of Topliss-reactive ketones (excluding diaryl/α,β-unsaturated/α-hetero) is 1. The molecule has 0 saturated heterocycles. The highest BCUT2D eigenvalue weighted by molar-refractivity contribution is 5.93. The van der Waals surface area contributed by atoms with Gasteiger partial charge in [0.25, 0.3) is 0 Å². The summed E-state index contributed by atoms with van der Waals surface area (Å²) in [7, 11) is 0. The predicted octanol–water partition coefficient (Wildman–Crippen LogP) is 4.60. The molecule has 0 amide bonds. The first-order valence-corrected chi connectivity index (χ1v) is 8.17.